The van der Waals surface area contributed by atoms with Gasteiger partial charge in [0.1, 0.15) is 0 Å². The van der Waals surface area contributed by atoms with Crippen LogP contribution in [0.5, 0.6) is 0 Å². The van der Waals surface area contributed by atoms with Gasteiger partial charge in [0.05, 0.1) is 13.2 Å². The summed E-state index contributed by atoms with van der Waals surface area (Å²) in [7, 11) is 0. The van der Waals surface area contributed by atoms with E-state index in [2.05, 4.69) is 5.32 Å². The van der Waals surface area contributed by atoms with E-state index in [0.717, 1.165) is 6.54 Å². The molecule has 0 radical (unpaired) electrons. The number of hydrogen-bond acceptors (Lipinski definition) is 4. The van der Waals surface area contributed by atoms with Crippen molar-refractivity contribution in [3.63, 3.8) is 0 Å². The summed E-state index contributed by atoms with van der Waals surface area (Å²) in [6.07, 6.45) is -0.475. The molecule has 1 rings (SSSR count). The molecule has 2 N–H and O–H groups in total. The third-order valence-electron chi connectivity index (χ3n) is 2.46. The maximum atomic E-state index is 11.7. The van der Waals surface area contributed by atoms with Crippen molar-refractivity contribution in [2.75, 3.05) is 32.8 Å². The average molecular weight is 230 g/mol. The van der Waals surface area contributed by atoms with Crippen LogP contribution in [-0.2, 0) is 14.3 Å². The Kier molecular flexibility index (Phi) is 5.21. The zero-order valence-corrected chi connectivity index (χ0v) is 9.44. The maximum Gasteiger partial charge on any atom is 0.334 e. The predicted molar refractivity (Wildman–Crippen MR) is 57.1 cm³/mol. The van der Waals surface area contributed by atoms with Crippen LogP contribution in [0.2, 0.25) is 0 Å². The Labute approximate surface area is 94.6 Å². The Morgan fingerprint density at radius 2 is 2.31 bits per heavy atom. The summed E-state index contributed by atoms with van der Waals surface area (Å²) in [5.74, 6) is -1.03. The van der Waals surface area contributed by atoms with Crippen molar-refractivity contribution >= 4 is 11.9 Å². The molecule has 1 atom stereocenters. The molecule has 0 saturated carbocycles. The van der Waals surface area contributed by atoms with Gasteiger partial charge in [0, 0.05) is 19.5 Å². The summed E-state index contributed by atoms with van der Waals surface area (Å²) in [6.45, 7) is 4.36. The molecule has 16 heavy (non-hydrogen) atoms. The van der Waals surface area contributed by atoms with Gasteiger partial charge < -0.3 is 20.1 Å². The third kappa shape index (κ3) is 3.79. The van der Waals surface area contributed by atoms with Crippen molar-refractivity contribution in [1.82, 2.24) is 10.2 Å². The Morgan fingerprint density at radius 3 is 2.94 bits per heavy atom. The zero-order chi connectivity index (χ0) is 12.0. The number of hydrogen-bond donors (Lipinski definition) is 2. The lowest BCUT2D eigenvalue weighted by atomic mass is 10.2. The maximum absolute atomic E-state index is 11.7. The Balaban J connectivity index is 2.35. The quantitative estimate of drug-likeness (QED) is 0.610. The minimum Gasteiger partial charge on any atom is -0.479 e. The minimum absolute atomic E-state index is 0.0181. The van der Waals surface area contributed by atoms with Gasteiger partial charge in [0.25, 0.3) is 0 Å². The van der Waals surface area contributed by atoms with Crippen LogP contribution in [0.1, 0.15) is 13.3 Å². The number of carbonyl (C=O) groups excluding carboxylic acids is 1. The number of nitrogens with zero attached hydrogens (tertiary/aromatic N) is 1. The molecule has 6 nitrogen and oxygen atoms in total. The van der Waals surface area contributed by atoms with Crippen molar-refractivity contribution < 1.29 is 19.4 Å². The van der Waals surface area contributed by atoms with E-state index < -0.39 is 12.1 Å². The van der Waals surface area contributed by atoms with Gasteiger partial charge in [-0.15, -0.1) is 0 Å². The summed E-state index contributed by atoms with van der Waals surface area (Å²) in [4.78, 5) is 23.9. The number of carboxylic acids is 1. The highest BCUT2D eigenvalue weighted by Gasteiger charge is 2.28. The second kappa shape index (κ2) is 6.44. The topological polar surface area (TPSA) is 78.9 Å². The molecule has 0 aromatic rings. The average Bonchev–Trinajstić information content (AvgIpc) is 2.29. The summed E-state index contributed by atoms with van der Waals surface area (Å²) in [5, 5.41) is 11.8. The lowest BCUT2D eigenvalue weighted by molar-refractivity contribution is -0.159. The van der Waals surface area contributed by atoms with E-state index in [0.29, 0.717) is 26.1 Å². The first-order chi connectivity index (χ1) is 7.65. The number of carbonyl (C=O) groups is 2. The Hall–Kier alpha value is -1.14. The largest absolute Gasteiger partial charge is 0.479 e. The molecule has 0 aliphatic carbocycles. The molecule has 0 bridgehead atoms. The monoisotopic (exact) mass is 230 g/mol. The van der Waals surface area contributed by atoms with E-state index >= 15 is 0 Å². The smallest absolute Gasteiger partial charge is 0.334 e. The van der Waals surface area contributed by atoms with Crippen LogP contribution < -0.4 is 5.32 Å². The van der Waals surface area contributed by atoms with E-state index in [1.165, 1.54) is 0 Å². The molecule has 1 saturated heterocycles. The lowest BCUT2D eigenvalue weighted by Gasteiger charge is -2.30. The molecule has 6 heteroatoms. The van der Waals surface area contributed by atoms with Gasteiger partial charge in [-0.05, 0) is 6.54 Å². The molecule has 0 spiro atoms. The number of nitrogens with one attached hydrogen (secondary N) is 1. The molecule has 1 heterocycles. The van der Waals surface area contributed by atoms with E-state index in [1.807, 2.05) is 6.92 Å². The standard InChI is InChI=1S/C10H18N2O4/c1-2-11-4-3-9(13)12-5-6-16-8(7-12)10(14)15/h8,11H,2-7H2,1H3,(H,14,15). The number of carboxylic acid groups (broad SMARTS) is 1. The molecular formula is C10H18N2O4. The first-order valence-corrected chi connectivity index (χ1v) is 5.48. The molecule has 0 aromatic carbocycles. The first kappa shape index (κ1) is 12.9. The molecule has 1 aliphatic heterocycles. The van der Waals surface area contributed by atoms with E-state index in [-0.39, 0.29) is 12.5 Å². The highest BCUT2D eigenvalue weighted by Crippen LogP contribution is 2.06. The fraction of sp³-hybridized carbons (Fsp3) is 0.800. The number of aliphatic carboxylic acids is 1. The Morgan fingerprint density at radius 1 is 1.56 bits per heavy atom. The van der Waals surface area contributed by atoms with Gasteiger partial charge in [0.15, 0.2) is 6.10 Å². The molecule has 1 amide bonds. The number of ether oxygens (including phenoxy) is 1. The van der Waals surface area contributed by atoms with Crippen molar-refractivity contribution in [2.24, 2.45) is 0 Å². The third-order valence-corrected chi connectivity index (χ3v) is 2.46. The van der Waals surface area contributed by atoms with Gasteiger partial charge in [-0.2, -0.15) is 0 Å². The van der Waals surface area contributed by atoms with Gasteiger partial charge >= 0.3 is 5.97 Å². The second-order valence-corrected chi connectivity index (χ2v) is 3.64. The minimum atomic E-state index is -1.01. The number of rotatable bonds is 5. The SMILES string of the molecule is CCNCCC(=O)N1CCOC(C(=O)O)C1. The molecular weight excluding hydrogens is 212 g/mol. The molecule has 92 valence electrons. The molecule has 1 unspecified atom stereocenters. The van der Waals surface area contributed by atoms with E-state index in [1.54, 1.807) is 4.90 Å². The molecule has 1 aliphatic rings. The lowest BCUT2D eigenvalue weighted by Crippen LogP contribution is -2.49. The highest BCUT2D eigenvalue weighted by atomic mass is 16.5. The highest BCUT2D eigenvalue weighted by molar-refractivity contribution is 5.78. The van der Waals surface area contributed by atoms with Crippen LogP contribution in [0.4, 0.5) is 0 Å². The van der Waals surface area contributed by atoms with Gasteiger partial charge in [-0.1, -0.05) is 6.92 Å². The van der Waals surface area contributed by atoms with Crippen LogP contribution in [0.25, 0.3) is 0 Å². The summed E-state index contributed by atoms with van der Waals surface area (Å²) in [6, 6.07) is 0. The van der Waals surface area contributed by atoms with Crippen LogP contribution >= 0.6 is 0 Å². The summed E-state index contributed by atoms with van der Waals surface area (Å²) in [5.41, 5.74) is 0. The molecule has 0 aromatic heterocycles. The molecule has 1 fully saturated rings. The van der Waals surface area contributed by atoms with Gasteiger partial charge in [-0.3, -0.25) is 4.79 Å². The number of amides is 1. The number of morpholine rings is 1. The van der Waals surface area contributed by atoms with E-state index in [4.69, 9.17) is 9.84 Å². The Bertz CT molecular complexity index is 257. The summed E-state index contributed by atoms with van der Waals surface area (Å²) >= 11 is 0. The fourth-order valence-corrected chi connectivity index (χ4v) is 1.56. The predicted octanol–water partition coefficient (Wildman–Crippen LogP) is -0.702. The van der Waals surface area contributed by atoms with Crippen LogP contribution in [0, 0.1) is 0 Å². The van der Waals surface area contributed by atoms with Crippen LogP contribution in [0.15, 0.2) is 0 Å². The first-order valence-electron chi connectivity index (χ1n) is 5.48. The summed E-state index contributed by atoms with van der Waals surface area (Å²) < 4.78 is 5.04. The van der Waals surface area contributed by atoms with Gasteiger partial charge in [0.2, 0.25) is 5.91 Å². The van der Waals surface area contributed by atoms with E-state index in [9.17, 15) is 9.59 Å². The van der Waals surface area contributed by atoms with Crippen molar-refractivity contribution in [3.8, 4) is 0 Å². The second-order valence-electron chi connectivity index (χ2n) is 3.64. The van der Waals surface area contributed by atoms with Crippen LogP contribution in [0.3, 0.4) is 0 Å². The zero-order valence-electron chi connectivity index (χ0n) is 9.44. The van der Waals surface area contributed by atoms with Crippen molar-refractivity contribution in [1.29, 1.82) is 0 Å². The van der Waals surface area contributed by atoms with Crippen LogP contribution in [-0.4, -0.2) is 60.8 Å². The normalized spacial score (nSPS) is 20.8. The van der Waals surface area contributed by atoms with Crippen molar-refractivity contribution in [2.45, 2.75) is 19.4 Å². The fourth-order valence-electron chi connectivity index (χ4n) is 1.56. The van der Waals surface area contributed by atoms with Gasteiger partial charge in [-0.25, -0.2) is 4.79 Å². The van der Waals surface area contributed by atoms with Crippen molar-refractivity contribution in [3.05, 3.63) is 0 Å².